The Morgan fingerprint density at radius 2 is 2.11 bits per heavy atom. The standard InChI is InChI=1S/C13H14BrClN2O2/c1-7(11(16)18)17-12(19)13(4-5-13)8-2-3-9(14)10(15)6-8/h2-3,6-7H,4-5H2,1H3,(H2,16,18)(H,17,19)/t7-/m1/s1. The number of hydrogen-bond donors (Lipinski definition) is 2. The minimum atomic E-state index is -0.670. The second-order valence-electron chi connectivity index (χ2n) is 4.81. The number of hydrogen-bond acceptors (Lipinski definition) is 2. The predicted molar refractivity (Wildman–Crippen MR) is 76.9 cm³/mol. The Morgan fingerprint density at radius 1 is 1.47 bits per heavy atom. The van der Waals surface area contributed by atoms with Gasteiger partial charge in [-0.1, -0.05) is 17.7 Å². The molecule has 1 aromatic carbocycles. The molecule has 1 fully saturated rings. The fourth-order valence-electron chi connectivity index (χ4n) is 1.97. The molecule has 2 amide bonds. The minimum Gasteiger partial charge on any atom is -0.368 e. The summed E-state index contributed by atoms with van der Waals surface area (Å²) in [7, 11) is 0. The fourth-order valence-corrected chi connectivity index (χ4v) is 2.40. The first kappa shape index (κ1) is 14.3. The summed E-state index contributed by atoms with van der Waals surface area (Å²) < 4.78 is 0.791. The second kappa shape index (κ2) is 5.13. The van der Waals surface area contributed by atoms with E-state index < -0.39 is 17.4 Å². The Balaban J connectivity index is 2.20. The van der Waals surface area contributed by atoms with Crippen molar-refractivity contribution in [1.82, 2.24) is 5.32 Å². The molecule has 1 aliphatic rings. The van der Waals surface area contributed by atoms with Gasteiger partial charge in [0.1, 0.15) is 6.04 Å². The molecule has 0 saturated heterocycles. The summed E-state index contributed by atoms with van der Waals surface area (Å²) in [6, 6.07) is 4.81. The highest BCUT2D eigenvalue weighted by molar-refractivity contribution is 9.10. The van der Waals surface area contributed by atoms with Gasteiger partial charge in [-0.05, 0) is 53.4 Å². The Hall–Kier alpha value is -1.07. The summed E-state index contributed by atoms with van der Waals surface area (Å²) in [5, 5.41) is 3.22. The van der Waals surface area contributed by atoms with Crippen molar-refractivity contribution in [3.63, 3.8) is 0 Å². The van der Waals surface area contributed by atoms with Crippen molar-refractivity contribution in [3.05, 3.63) is 33.3 Å². The van der Waals surface area contributed by atoms with E-state index in [-0.39, 0.29) is 5.91 Å². The summed E-state index contributed by atoms with van der Waals surface area (Å²) >= 11 is 9.38. The molecule has 4 nitrogen and oxygen atoms in total. The van der Waals surface area contributed by atoms with Crippen LogP contribution < -0.4 is 11.1 Å². The van der Waals surface area contributed by atoms with E-state index in [0.29, 0.717) is 5.02 Å². The Morgan fingerprint density at radius 3 is 2.58 bits per heavy atom. The summed E-state index contributed by atoms with van der Waals surface area (Å²) in [4.78, 5) is 23.3. The molecular formula is C13H14BrClN2O2. The molecule has 0 radical (unpaired) electrons. The highest BCUT2D eigenvalue weighted by Crippen LogP contribution is 2.49. The van der Waals surface area contributed by atoms with Crippen LogP contribution in [0.2, 0.25) is 5.02 Å². The lowest BCUT2D eigenvalue weighted by molar-refractivity contribution is -0.128. The van der Waals surface area contributed by atoms with Gasteiger partial charge in [-0.15, -0.1) is 0 Å². The van der Waals surface area contributed by atoms with Gasteiger partial charge in [0.2, 0.25) is 11.8 Å². The van der Waals surface area contributed by atoms with Crippen molar-refractivity contribution in [2.45, 2.75) is 31.2 Å². The van der Waals surface area contributed by atoms with Crippen molar-refractivity contribution in [3.8, 4) is 0 Å². The first-order chi connectivity index (χ1) is 8.86. The van der Waals surface area contributed by atoms with Crippen LogP contribution >= 0.6 is 27.5 Å². The average molecular weight is 346 g/mol. The summed E-state index contributed by atoms with van der Waals surface area (Å²) in [5.74, 6) is -0.713. The highest BCUT2D eigenvalue weighted by Gasteiger charge is 2.51. The number of amides is 2. The van der Waals surface area contributed by atoms with Gasteiger partial charge in [0.15, 0.2) is 0 Å². The van der Waals surface area contributed by atoms with Crippen LogP contribution in [0.1, 0.15) is 25.3 Å². The van der Waals surface area contributed by atoms with Crippen LogP contribution in [0.25, 0.3) is 0 Å². The van der Waals surface area contributed by atoms with Gasteiger partial charge in [0.25, 0.3) is 0 Å². The Labute approximate surface area is 124 Å². The van der Waals surface area contributed by atoms with Crippen LogP contribution in [0.5, 0.6) is 0 Å². The van der Waals surface area contributed by atoms with Crippen LogP contribution in [0.4, 0.5) is 0 Å². The second-order valence-corrected chi connectivity index (χ2v) is 6.07. The lowest BCUT2D eigenvalue weighted by atomic mass is 9.94. The van der Waals surface area contributed by atoms with E-state index in [9.17, 15) is 9.59 Å². The molecular weight excluding hydrogens is 332 g/mol. The minimum absolute atomic E-state index is 0.169. The van der Waals surface area contributed by atoms with Crippen LogP contribution in [0.15, 0.2) is 22.7 Å². The zero-order valence-electron chi connectivity index (χ0n) is 10.4. The van der Waals surface area contributed by atoms with Crippen LogP contribution in [-0.2, 0) is 15.0 Å². The van der Waals surface area contributed by atoms with E-state index in [1.165, 1.54) is 0 Å². The molecule has 1 aromatic rings. The SMILES string of the molecule is C[C@@H](NC(=O)C1(c2ccc(Br)c(Cl)c2)CC1)C(N)=O. The largest absolute Gasteiger partial charge is 0.368 e. The summed E-state index contributed by atoms with van der Waals surface area (Å²) in [5.41, 5.74) is 5.46. The normalized spacial score (nSPS) is 17.6. The van der Waals surface area contributed by atoms with Crippen LogP contribution in [0.3, 0.4) is 0 Å². The summed E-state index contributed by atoms with van der Waals surface area (Å²) in [6.45, 7) is 1.57. The zero-order valence-corrected chi connectivity index (χ0v) is 12.7. The highest BCUT2D eigenvalue weighted by atomic mass is 79.9. The van der Waals surface area contributed by atoms with E-state index in [2.05, 4.69) is 21.2 Å². The average Bonchev–Trinajstić information content (AvgIpc) is 3.13. The molecule has 0 heterocycles. The van der Waals surface area contributed by atoms with Crippen LogP contribution in [-0.4, -0.2) is 17.9 Å². The van der Waals surface area contributed by atoms with Crippen molar-refractivity contribution >= 4 is 39.3 Å². The molecule has 1 saturated carbocycles. The number of nitrogens with one attached hydrogen (secondary N) is 1. The van der Waals surface area contributed by atoms with Crippen molar-refractivity contribution < 1.29 is 9.59 Å². The van der Waals surface area contributed by atoms with Crippen molar-refractivity contribution in [2.24, 2.45) is 5.73 Å². The maximum absolute atomic E-state index is 12.3. The van der Waals surface area contributed by atoms with Gasteiger partial charge in [-0.25, -0.2) is 0 Å². The molecule has 2 rings (SSSR count). The van der Waals surface area contributed by atoms with Crippen molar-refractivity contribution in [2.75, 3.05) is 0 Å². The third-order valence-corrected chi connectivity index (χ3v) is 4.66. The molecule has 0 bridgehead atoms. The molecule has 102 valence electrons. The molecule has 3 N–H and O–H groups in total. The first-order valence-electron chi connectivity index (χ1n) is 5.92. The van der Waals surface area contributed by atoms with Crippen LogP contribution in [0, 0.1) is 0 Å². The first-order valence-corrected chi connectivity index (χ1v) is 7.10. The number of carbonyl (C=O) groups is 2. The molecule has 0 aromatic heterocycles. The van der Waals surface area contributed by atoms with Gasteiger partial charge < -0.3 is 11.1 Å². The van der Waals surface area contributed by atoms with E-state index in [1.807, 2.05) is 12.1 Å². The number of benzene rings is 1. The lowest BCUT2D eigenvalue weighted by Crippen LogP contribution is -2.46. The molecule has 0 spiro atoms. The third-order valence-electron chi connectivity index (χ3n) is 3.43. The van der Waals surface area contributed by atoms with Gasteiger partial charge in [-0.3, -0.25) is 9.59 Å². The number of rotatable bonds is 4. The van der Waals surface area contributed by atoms with E-state index in [1.54, 1.807) is 13.0 Å². The van der Waals surface area contributed by atoms with Gasteiger partial charge in [-0.2, -0.15) is 0 Å². The topological polar surface area (TPSA) is 72.2 Å². The number of primary amides is 1. The molecule has 0 unspecified atom stereocenters. The fraction of sp³-hybridized carbons (Fsp3) is 0.385. The lowest BCUT2D eigenvalue weighted by Gasteiger charge is -2.18. The number of carbonyl (C=O) groups excluding carboxylic acids is 2. The van der Waals surface area contributed by atoms with Gasteiger partial charge in [0, 0.05) is 4.47 Å². The molecule has 19 heavy (non-hydrogen) atoms. The van der Waals surface area contributed by atoms with E-state index >= 15 is 0 Å². The maximum Gasteiger partial charge on any atom is 0.239 e. The zero-order chi connectivity index (χ0) is 14.2. The Kier molecular flexibility index (Phi) is 3.87. The smallest absolute Gasteiger partial charge is 0.239 e. The number of halogens is 2. The van der Waals surface area contributed by atoms with Gasteiger partial charge >= 0.3 is 0 Å². The predicted octanol–water partition coefficient (Wildman–Crippen LogP) is 2.12. The molecule has 1 atom stereocenters. The molecule has 1 aliphatic carbocycles. The maximum atomic E-state index is 12.3. The van der Waals surface area contributed by atoms with E-state index in [0.717, 1.165) is 22.9 Å². The van der Waals surface area contributed by atoms with Gasteiger partial charge in [0.05, 0.1) is 10.4 Å². The number of nitrogens with two attached hydrogens (primary N) is 1. The Bertz CT molecular complexity index is 543. The third kappa shape index (κ3) is 2.77. The van der Waals surface area contributed by atoms with E-state index in [4.69, 9.17) is 17.3 Å². The van der Waals surface area contributed by atoms with Crippen molar-refractivity contribution in [1.29, 1.82) is 0 Å². The molecule has 6 heteroatoms. The summed E-state index contributed by atoms with van der Waals surface area (Å²) in [6.07, 6.45) is 1.50. The monoisotopic (exact) mass is 344 g/mol. The quantitative estimate of drug-likeness (QED) is 0.877. The molecule has 0 aliphatic heterocycles.